The van der Waals surface area contributed by atoms with Crippen LogP contribution < -0.4 is 10.0 Å². The normalized spacial score (nSPS) is 25.1. The predicted molar refractivity (Wildman–Crippen MR) is 104 cm³/mol. The van der Waals surface area contributed by atoms with Gasteiger partial charge in [0.15, 0.2) is 0 Å². The SMILES string of the molecule is O=C(CCNS(=O)(=O)c1ccc2c(c1)CCCC2)N1C2CCNCC1CC2. The Morgan fingerprint density at radius 1 is 1.11 bits per heavy atom. The quantitative estimate of drug-likeness (QED) is 0.799. The van der Waals surface area contributed by atoms with Crippen LogP contribution in [0.15, 0.2) is 23.1 Å². The van der Waals surface area contributed by atoms with Crippen molar-refractivity contribution in [2.24, 2.45) is 0 Å². The minimum Gasteiger partial charge on any atom is -0.335 e. The van der Waals surface area contributed by atoms with E-state index >= 15 is 0 Å². The Morgan fingerprint density at radius 2 is 1.89 bits per heavy atom. The lowest BCUT2D eigenvalue weighted by Crippen LogP contribution is -2.43. The van der Waals surface area contributed by atoms with Crippen LogP contribution in [0.5, 0.6) is 0 Å². The molecule has 2 aliphatic heterocycles. The highest BCUT2D eigenvalue weighted by Crippen LogP contribution is 2.28. The largest absolute Gasteiger partial charge is 0.335 e. The summed E-state index contributed by atoms with van der Waals surface area (Å²) in [5, 5.41) is 3.38. The standard InChI is InChI=1S/C20H29N3O3S/c24-20(23-17-6-7-18(23)14-21-11-9-17)10-12-22-27(25,26)19-8-5-15-3-1-2-4-16(15)13-19/h5,8,13,17-18,21-22H,1-4,6-7,9-12,14H2. The van der Waals surface area contributed by atoms with Gasteiger partial charge in [-0.05, 0) is 74.8 Å². The highest BCUT2D eigenvalue weighted by atomic mass is 32.2. The molecule has 7 heteroatoms. The Balaban J connectivity index is 1.36. The molecule has 4 rings (SSSR count). The Hall–Kier alpha value is -1.44. The first-order valence-electron chi connectivity index (χ1n) is 10.2. The maximum atomic E-state index is 12.7. The fourth-order valence-electron chi connectivity index (χ4n) is 4.77. The van der Waals surface area contributed by atoms with Crippen molar-refractivity contribution in [3.63, 3.8) is 0 Å². The Labute approximate surface area is 161 Å². The van der Waals surface area contributed by atoms with E-state index in [1.165, 1.54) is 12.0 Å². The second-order valence-corrected chi connectivity index (χ2v) is 9.73. The molecule has 148 valence electrons. The number of carbonyl (C=O) groups excluding carboxylic acids is 1. The van der Waals surface area contributed by atoms with Crippen molar-refractivity contribution in [2.75, 3.05) is 19.6 Å². The van der Waals surface area contributed by atoms with Gasteiger partial charge in [0, 0.05) is 31.6 Å². The summed E-state index contributed by atoms with van der Waals surface area (Å²) in [6, 6.07) is 6.02. The monoisotopic (exact) mass is 391 g/mol. The van der Waals surface area contributed by atoms with Crippen molar-refractivity contribution in [2.45, 2.75) is 68.3 Å². The Morgan fingerprint density at radius 3 is 2.74 bits per heavy atom. The fraction of sp³-hybridized carbons (Fsp3) is 0.650. The summed E-state index contributed by atoms with van der Waals surface area (Å²) in [6.07, 6.45) is 7.59. The van der Waals surface area contributed by atoms with Gasteiger partial charge in [-0.1, -0.05) is 6.07 Å². The van der Waals surface area contributed by atoms with Gasteiger partial charge < -0.3 is 10.2 Å². The van der Waals surface area contributed by atoms with E-state index in [1.807, 2.05) is 11.0 Å². The summed E-state index contributed by atoms with van der Waals surface area (Å²) in [5.41, 5.74) is 2.41. The minimum absolute atomic E-state index is 0.0688. The van der Waals surface area contributed by atoms with Crippen LogP contribution >= 0.6 is 0 Å². The molecule has 3 aliphatic rings. The molecular weight excluding hydrogens is 362 g/mol. The molecule has 2 bridgehead atoms. The average Bonchev–Trinajstić information content (AvgIpc) is 2.93. The maximum absolute atomic E-state index is 12.7. The number of hydrogen-bond donors (Lipinski definition) is 2. The van der Waals surface area contributed by atoms with Gasteiger partial charge in [0.2, 0.25) is 15.9 Å². The van der Waals surface area contributed by atoms with Crippen molar-refractivity contribution in [3.05, 3.63) is 29.3 Å². The summed E-state index contributed by atoms with van der Waals surface area (Å²) in [7, 11) is -3.57. The van der Waals surface area contributed by atoms with E-state index in [0.29, 0.717) is 10.9 Å². The molecule has 1 aromatic rings. The first-order chi connectivity index (χ1) is 13.0. The summed E-state index contributed by atoms with van der Waals surface area (Å²) >= 11 is 0. The third-order valence-electron chi connectivity index (χ3n) is 6.20. The number of nitrogens with one attached hydrogen (secondary N) is 2. The second-order valence-electron chi connectivity index (χ2n) is 7.96. The maximum Gasteiger partial charge on any atom is 0.240 e. The number of benzene rings is 1. The van der Waals surface area contributed by atoms with Gasteiger partial charge in [-0.15, -0.1) is 0 Å². The van der Waals surface area contributed by atoms with Crippen molar-refractivity contribution in [1.29, 1.82) is 0 Å². The molecular formula is C20H29N3O3S. The number of amides is 1. The van der Waals surface area contributed by atoms with Gasteiger partial charge in [0.05, 0.1) is 4.90 Å². The van der Waals surface area contributed by atoms with Gasteiger partial charge in [-0.25, -0.2) is 13.1 Å². The van der Waals surface area contributed by atoms with Crippen LogP contribution in [0, 0.1) is 0 Å². The van der Waals surface area contributed by atoms with Crippen LogP contribution in [0.25, 0.3) is 0 Å². The minimum atomic E-state index is -3.57. The van der Waals surface area contributed by atoms with Crippen LogP contribution in [0.2, 0.25) is 0 Å². The van der Waals surface area contributed by atoms with E-state index in [-0.39, 0.29) is 24.9 Å². The van der Waals surface area contributed by atoms with E-state index in [9.17, 15) is 13.2 Å². The van der Waals surface area contributed by atoms with Crippen molar-refractivity contribution >= 4 is 15.9 Å². The van der Waals surface area contributed by atoms with E-state index in [2.05, 4.69) is 10.0 Å². The summed E-state index contributed by atoms with van der Waals surface area (Å²) in [4.78, 5) is 15.0. The van der Waals surface area contributed by atoms with Crippen molar-refractivity contribution in [1.82, 2.24) is 14.9 Å². The molecule has 1 amide bonds. The molecule has 27 heavy (non-hydrogen) atoms. The van der Waals surface area contributed by atoms with Gasteiger partial charge in [-0.2, -0.15) is 0 Å². The van der Waals surface area contributed by atoms with Crippen LogP contribution in [-0.2, 0) is 27.7 Å². The highest BCUT2D eigenvalue weighted by molar-refractivity contribution is 7.89. The van der Waals surface area contributed by atoms with Gasteiger partial charge >= 0.3 is 0 Å². The smallest absolute Gasteiger partial charge is 0.240 e. The molecule has 0 aromatic heterocycles. The van der Waals surface area contributed by atoms with E-state index in [4.69, 9.17) is 0 Å². The molecule has 2 heterocycles. The van der Waals surface area contributed by atoms with Crippen LogP contribution in [0.3, 0.4) is 0 Å². The van der Waals surface area contributed by atoms with Crippen LogP contribution in [0.4, 0.5) is 0 Å². The number of aryl methyl sites for hydroxylation is 2. The molecule has 2 saturated heterocycles. The lowest BCUT2D eigenvalue weighted by atomic mass is 9.92. The van der Waals surface area contributed by atoms with Gasteiger partial charge in [0.25, 0.3) is 0 Å². The lowest BCUT2D eigenvalue weighted by Gasteiger charge is -2.28. The molecule has 2 unspecified atom stereocenters. The van der Waals surface area contributed by atoms with Crippen LogP contribution in [0.1, 0.15) is 49.7 Å². The topological polar surface area (TPSA) is 78.5 Å². The molecule has 1 aromatic carbocycles. The number of nitrogens with zero attached hydrogens (tertiary/aromatic N) is 1. The first-order valence-corrected chi connectivity index (χ1v) is 11.7. The number of fused-ring (bicyclic) bond motifs is 3. The lowest BCUT2D eigenvalue weighted by molar-refractivity contribution is -0.133. The van der Waals surface area contributed by atoms with E-state index < -0.39 is 10.0 Å². The molecule has 2 atom stereocenters. The number of rotatable bonds is 5. The van der Waals surface area contributed by atoms with Gasteiger partial charge in [-0.3, -0.25) is 4.79 Å². The molecule has 2 N–H and O–H groups in total. The molecule has 2 fully saturated rings. The summed E-state index contributed by atoms with van der Waals surface area (Å²) in [6.45, 7) is 1.96. The van der Waals surface area contributed by atoms with Crippen molar-refractivity contribution < 1.29 is 13.2 Å². The Kier molecular flexibility index (Phi) is 5.53. The van der Waals surface area contributed by atoms with Gasteiger partial charge in [0.1, 0.15) is 0 Å². The first kappa shape index (κ1) is 18.9. The van der Waals surface area contributed by atoms with E-state index in [0.717, 1.165) is 57.2 Å². The third-order valence-corrected chi connectivity index (χ3v) is 7.66. The number of hydrogen-bond acceptors (Lipinski definition) is 4. The third kappa shape index (κ3) is 4.05. The molecule has 0 saturated carbocycles. The molecule has 0 spiro atoms. The van der Waals surface area contributed by atoms with E-state index in [1.54, 1.807) is 12.1 Å². The number of carbonyl (C=O) groups is 1. The zero-order valence-electron chi connectivity index (χ0n) is 15.7. The zero-order valence-corrected chi connectivity index (χ0v) is 16.6. The molecule has 0 radical (unpaired) electrons. The summed E-state index contributed by atoms with van der Waals surface area (Å²) < 4.78 is 27.9. The average molecular weight is 392 g/mol. The summed E-state index contributed by atoms with van der Waals surface area (Å²) in [5.74, 6) is 0.0688. The molecule has 1 aliphatic carbocycles. The molecule has 6 nitrogen and oxygen atoms in total. The van der Waals surface area contributed by atoms with Crippen LogP contribution in [-0.4, -0.2) is 50.9 Å². The zero-order chi connectivity index (χ0) is 18.9. The number of sulfonamides is 1. The fourth-order valence-corrected chi connectivity index (χ4v) is 5.85. The Bertz CT molecular complexity index is 795. The highest BCUT2D eigenvalue weighted by Gasteiger charge is 2.37. The predicted octanol–water partition coefficient (Wildman–Crippen LogP) is 1.59. The second kappa shape index (κ2) is 7.89. The van der Waals surface area contributed by atoms with Crippen molar-refractivity contribution in [3.8, 4) is 0 Å².